The second-order valence-corrected chi connectivity index (χ2v) is 3.04. The zero-order valence-electron chi connectivity index (χ0n) is 7.25. The average Bonchev–Trinajstić information content (AvgIpc) is 2.51. The number of amides is 1. The Hall–Kier alpha value is -0.610. The molecule has 4 nitrogen and oxygen atoms in total. The molecule has 1 rings (SSSR count). The van der Waals surface area contributed by atoms with Crippen LogP contribution >= 0.6 is 0 Å². The Morgan fingerprint density at radius 3 is 3.00 bits per heavy atom. The summed E-state index contributed by atoms with van der Waals surface area (Å²) in [5.41, 5.74) is 0. The smallest absolute Gasteiger partial charge is 0.246 e. The molecule has 12 heavy (non-hydrogen) atoms. The van der Waals surface area contributed by atoms with Crippen LogP contribution < -0.4 is 5.32 Å². The molecule has 4 heteroatoms. The lowest BCUT2D eigenvalue weighted by molar-refractivity contribution is -0.125. The van der Waals surface area contributed by atoms with Gasteiger partial charge in [-0.25, -0.2) is 0 Å². The van der Waals surface area contributed by atoms with Gasteiger partial charge in [0.05, 0.1) is 12.1 Å². The van der Waals surface area contributed by atoms with Crippen molar-refractivity contribution in [1.82, 2.24) is 5.32 Å². The molecule has 70 valence electrons. The van der Waals surface area contributed by atoms with E-state index in [0.29, 0.717) is 0 Å². The van der Waals surface area contributed by atoms with E-state index in [1.54, 1.807) is 7.11 Å². The number of ether oxygens (including phenoxy) is 1. The number of hydrogen-bond acceptors (Lipinski definition) is 3. The van der Waals surface area contributed by atoms with Crippen molar-refractivity contribution >= 4 is 5.91 Å². The maximum absolute atomic E-state index is 10.8. The Bertz CT molecular complexity index is 160. The quantitative estimate of drug-likeness (QED) is 0.614. The molecule has 0 aliphatic heterocycles. The standard InChI is InChI=1S/C8H15NO3/c1-12-7-4-2-3-6(7)9-8(11)5-10/h6-7,10H,2-5H2,1H3,(H,9,11)/t6-,7-/m0/s1. The lowest BCUT2D eigenvalue weighted by Gasteiger charge is -2.18. The SMILES string of the molecule is CO[C@H]1CCC[C@@H]1NC(=O)CO. The minimum atomic E-state index is -0.438. The Kier molecular flexibility index (Phi) is 3.49. The first-order valence-corrected chi connectivity index (χ1v) is 4.21. The molecule has 0 bridgehead atoms. The Labute approximate surface area is 71.9 Å². The highest BCUT2D eigenvalue weighted by Gasteiger charge is 2.27. The van der Waals surface area contributed by atoms with Crippen LogP contribution in [0.4, 0.5) is 0 Å². The van der Waals surface area contributed by atoms with Crippen LogP contribution in [0, 0.1) is 0 Å². The molecular weight excluding hydrogens is 158 g/mol. The molecule has 0 aromatic heterocycles. The predicted octanol–water partition coefficient (Wildman–Crippen LogP) is -0.338. The summed E-state index contributed by atoms with van der Waals surface area (Å²) >= 11 is 0. The zero-order valence-corrected chi connectivity index (χ0v) is 7.25. The van der Waals surface area contributed by atoms with Crippen molar-refractivity contribution in [3.05, 3.63) is 0 Å². The van der Waals surface area contributed by atoms with Gasteiger partial charge in [-0.15, -0.1) is 0 Å². The van der Waals surface area contributed by atoms with Gasteiger partial charge in [0.25, 0.3) is 0 Å². The highest BCUT2D eigenvalue weighted by molar-refractivity contribution is 5.77. The fourth-order valence-corrected chi connectivity index (χ4v) is 1.63. The Morgan fingerprint density at radius 1 is 1.67 bits per heavy atom. The van der Waals surface area contributed by atoms with Crippen molar-refractivity contribution in [2.75, 3.05) is 13.7 Å². The van der Waals surface area contributed by atoms with Gasteiger partial charge in [0.2, 0.25) is 5.91 Å². The van der Waals surface area contributed by atoms with Crippen LogP contribution in [0.5, 0.6) is 0 Å². The third kappa shape index (κ3) is 2.19. The molecule has 1 amide bonds. The topological polar surface area (TPSA) is 58.6 Å². The van der Waals surface area contributed by atoms with Crippen LogP contribution in [0.2, 0.25) is 0 Å². The maximum Gasteiger partial charge on any atom is 0.246 e. The van der Waals surface area contributed by atoms with Crippen LogP contribution in [-0.4, -0.2) is 36.9 Å². The first-order valence-electron chi connectivity index (χ1n) is 4.21. The van der Waals surface area contributed by atoms with E-state index in [4.69, 9.17) is 9.84 Å². The number of carbonyl (C=O) groups excluding carboxylic acids is 1. The summed E-state index contributed by atoms with van der Waals surface area (Å²) in [6, 6.07) is 0.0923. The molecule has 0 aromatic rings. The van der Waals surface area contributed by atoms with E-state index >= 15 is 0 Å². The largest absolute Gasteiger partial charge is 0.387 e. The third-order valence-corrected chi connectivity index (χ3v) is 2.25. The monoisotopic (exact) mass is 173 g/mol. The van der Waals surface area contributed by atoms with E-state index in [1.807, 2.05) is 0 Å². The molecule has 2 atom stereocenters. The first-order chi connectivity index (χ1) is 5.77. The van der Waals surface area contributed by atoms with Gasteiger partial charge in [-0.2, -0.15) is 0 Å². The van der Waals surface area contributed by atoms with E-state index in [0.717, 1.165) is 19.3 Å². The molecule has 0 aromatic carbocycles. The van der Waals surface area contributed by atoms with Crippen LogP contribution in [0.3, 0.4) is 0 Å². The van der Waals surface area contributed by atoms with Gasteiger partial charge in [0.15, 0.2) is 0 Å². The fraction of sp³-hybridized carbons (Fsp3) is 0.875. The van der Waals surface area contributed by atoms with Crippen molar-refractivity contribution in [2.45, 2.75) is 31.4 Å². The van der Waals surface area contributed by atoms with Crippen LogP contribution in [0.15, 0.2) is 0 Å². The van der Waals surface area contributed by atoms with Crippen LogP contribution in [0.25, 0.3) is 0 Å². The lowest BCUT2D eigenvalue weighted by atomic mass is 10.2. The maximum atomic E-state index is 10.8. The average molecular weight is 173 g/mol. The summed E-state index contributed by atoms with van der Waals surface area (Å²) in [6.45, 7) is -0.438. The van der Waals surface area contributed by atoms with Gasteiger partial charge in [0.1, 0.15) is 6.61 Å². The molecule has 0 radical (unpaired) electrons. The molecule has 0 heterocycles. The van der Waals surface area contributed by atoms with Gasteiger partial charge in [-0.05, 0) is 19.3 Å². The van der Waals surface area contributed by atoms with E-state index in [9.17, 15) is 4.79 Å². The molecule has 2 N–H and O–H groups in total. The van der Waals surface area contributed by atoms with E-state index < -0.39 is 6.61 Å². The molecule has 1 aliphatic carbocycles. The number of rotatable bonds is 3. The van der Waals surface area contributed by atoms with Gasteiger partial charge in [-0.3, -0.25) is 4.79 Å². The Balaban J connectivity index is 2.35. The van der Waals surface area contributed by atoms with Crippen molar-refractivity contribution in [3.63, 3.8) is 0 Å². The van der Waals surface area contributed by atoms with Crippen molar-refractivity contribution in [1.29, 1.82) is 0 Å². The van der Waals surface area contributed by atoms with Gasteiger partial charge < -0.3 is 15.2 Å². The predicted molar refractivity (Wildman–Crippen MR) is 43.7 cm³/mol. The first kappa shape index (κ1) is 9.48. The van der Waals surface area contributed by atoms with E-state index in [2.05, 4.69) is 5.32 Å². The number of nitrogens with one attached hydrogen (secondary N) is 1. The molecule has 0 saturated heterocycles. The molecule has 0 spiro atoms. The third-order valence-electron chi connectivity index (χ3n) is 2.25. The second kappa shape index (κ2) is 4.42. The summed E-state index contributed by atoms with van der Waals surface area (Å²) in [5, 5.41) is 11.2. The number of carbonyl (C=O) groups is 1. The number of aliphatic hydroxyl groups excluding tert-OH is 1. The summed E-state index contributed by atoms with van der Waals surface area (Å²) in [6.07, 6.45) is 3.15. The molecule has 1 fully saturated rings. The molecule has 0 unspecified atom stereocenters. The minimum absolute atomic E-state index is 0.0923. The van der Waals surface area contributed by atoms with Gasteiger partial charge in [0, 0.05) is 7.11 Å². The van der Waals surface area contributed by atoms with E-state index in [-0.39, 0.29) is 18.1 Å². The van der Waals surface area contributed by atoms with Crippen molar-refractivity contribution in [2.24, 2.45) is 0 Å². The van der Waals surface area contributed by atoms with Crippen molar-refractivity contribution in [3.8, 4) is 0 Å². The highest BCUT2D eigenvalue weighted by Crippen LogP contribution is 2.21. The second-order valence-electron chi connectivity index (χ2n) is 3.04. The van der Waals surface area contributed by atoms with Crippen molar-refractivity contribution < 1.29 is 14.6 Å². The highest BCUT2D eigenvalue weighted by atomic mass is 16.5. The number of methoxy groups -OCH3 is 1. The number of hydrogen-bond donors (Lipinski definition) is 2. The summed E-state index contributed by atoms with van der Waals surface area (Å²) in [5.74, 6) is -0.316. The van der Waals surface area contributed by atoms with E-state index in [1.165, 1.54) is 0 Å². The van der Waals surface area contributed by atoms with Crippen LogP contribution in [0.1, 0.15) is 19.3 Å². The fourth-order valence-electron chi connectivity index (χ4n) is 1.63. The van der Waals surface area contributed by atoms with Gasteiger partial charge in [-0.1, -0.05) is 0 Å². The summed E-state index contributed by atoms with van der Waals surface area (Å²) in [4.78, 5) is 10.8. The Morgan fingerprint density at radius 2 is 2.42 bits per heavy atom. The molecular formula is C8H15NO3. The van der Waals surface area contributed by atoms with Crippen LogP contribution in [-0.2, 0) is 9.53 Å². The molecule has 1 aliphatic rings. The van der Waals surface area contributed by atoms with Gasteiger partial charge >= 0.3 is 0 Å². The lowest BCUT2D eigenvalue weighted by Crippen LogP contribution is -2.41. The summed E-state index contributed by atoms with van der Waals surface area (Å²) < 4.78 is 5.17. The summed E-state index contributed by atoms with van der Waals surface area (Å²) in [7, 11) is 1.65. The zero-order chi connectivity index (χ0) is 8.97. The number of aliphatic hydroxyl groups is 1. The normalized spacial score (nSPS) is 28.8. The molecule has 1 saturated carbocycles. The minimum Gasteiger partial charge on any atom is -0.387 e.